The van der Waals surface area contributed by atoms with Gasteiger partial charge in [0, 0.05) is 17.3 Å². The third kappa shape index (κ3) is 2.60. The molecule has 24 heavy (non-hydrogen) atoms. The summed E-state index contributed by atoms with van der Waals surface area (Å²) < 4.78 is 0. The Hall–Kier alpha value is -1.26. The van der Waals surface area contributed by atoms with Crippen LogP contribution in [0.5, 0.6) is 0 Å². The molecular weight excluding hydrogens is 367 g/mol. The lowest BCUT2D eigenvalue weighted by atomic mass is 10.1. The van der Waals surface area contributed by atoms with E-state index in [1.54, 1.807) is 18.2 Å². The van der Waals surface area contributed by atoms with Gasteiger partial charge >= 0.3 is 0 Å². The SMILES string of the molecule is O=C1[C@@H]2CCCN2[C@@H](c2ccc(Cl)c(Cl)c2)N1c1ccc(Cl)cc1. The summed E-state index contributed by atoms with van der Waals surface area (Å²) >= 11 is 18.3. The lowest BCUT2D eigenvalue weighted by molar-refractivity contribution is -0.119. The van der Waals surface area contributed by atoms with Crippen LogP contribution in [0.4, 0.5) is 5.69 Å². The number of fused-ring (bicyclic) bond motifs is 1. The fourth-order valence-electron chi connectivity index (χ4n) is 3.66. The average molecular weight is 382 g/mol. The molecule has 2 aliphatic heterocycles. The maximum Gasteiger partial charge on any atom is 0.246 e. The largest absolute Gasteiger partial charge is 0.291 e. The third-order valence-electron chi connectivity index (χ3n) is 4.72. The van der Waals surface area contributed by atoms with Crippen LogP contribution in [0.2, 0.25) is 15.1 Å². The minimum Gasteiger partial charge on any atom is -0.291 e. The van der Waals surface area contributed by atoms with E-state index in [4.69, 9.17) is 34.8 Å². The molecule has 0 N–H and O–H groups in total. The molecule has 6 heteroatoms. The van der Waals surface area contributed by atoms with E-state index in [2.05, 4.69) is 4.90 Å². The van der Waals surface area contributed by atoms with Gasteiger partial charge in [-0.25, -0.2) is 0 Å². The first-order valence-corrected chi connectivity index (χ1v) is 8.99. The second kappa shape index (κ2) is 6.23. The predicted octanol–water partition coefficient (Wildman–Crippen LogP) is 5.16. The summed E-state index contributed by atoms with van der Waals surface area (Å²) in [6, 6.07) is 12.9. The number of carbonyl (C=O) groups excluding carboxylic acids is 1. The molecule has 2 aliphatic rings. The molecule has 124 valence electrons. The van der Waals surface area contributed by atoms with E-state index in [0.29, 0.717) is 15.1 Å². The van der Waals surface area contributed by atoms with E-state index in [-0.39, 0.29) is 18.1 Å². The molecule has 2 aromatic carbocycles. The molecule has 3 nitrogen and oxygen atoms in total. The minimum absolute atomic E-state index is 0.0693. The van der Waals surface area contributed by atoms with Gasteiger partial charge in [-0.2, -0.15) is 0 Å². The van der Waals surface area contributed by atoms with Crippen LogP contribution in [0.1, 0.15) is 24.6 Å². The van der Waals surface area contributed by atoms with E-state index >= 15 is 0 Å². The van der Waals surface area contributed by atoms with Crippen LogP contribution < -0.4 is 4.90 Å². The quantitative estimate of drug-likeness (QED) is 0.717. The number of amides is 1. The molecule has 0 aromatic heterocycles. The van der Waals surface area contributed by atoms with Crippen molar-refractivity contribution in [1.82, 2.24) is 4.90 Å². The van der Waals surface area contributed by atoms with Crippen LogP contribution in [0.3, 0.4) is 0 Å². The highest BCUT2D eigenvalue weighted by molar-refractivity contribution is 6.42. The van der Waals surface area contributed by atoms with Crippen LogP contribution in [0.15, 0.2) is 42.5 Å². The number of hydrogen-bond donors (Lipinski definition) is 0. The summed E-state index contributed by atoms with van der Waals surface area (Å²) in [6.45, 7) is 0.894. The second-order valence-corrected chi connectivity index (χ2v) is 7.38. The van der Waals surface area contributed by atoms with Crippen molar-refractivity contribution >= 4 is 46.4 Å². The molecule has 2 saturated heterocycles. The standard InChI is InChI=1S/C18H15Cl3N2O/c19-12-4-6-13(7-5-12)23-17(11-3-8-14(20)15(21)10-11)22-9-1-2-16(22)18(23)24/h3-8,10,16-17H,1-2,9H2/t16-,17+/m0/s1. The Bertz CT molecular complexity index is 793. The van der Waals surface area contributed by atoms with E-state index in [1.165, 1.54) is 0 Å². The average Bonchev–Trinajstić information content (AvgIpc) is 3.14. The molecule has 0 unspecified atom stereocenters. The summed E-state index contributed by atoms with van der Waals surface area (Å²) in [7, 11) is 0. The van der Waals surface area contributed by atoms with Gasteiger partial charge in [0.2, 0.25) is 5.91 Å². The highest BCUT2D eigenvalue weighted by Crippen LogP contribution is 2.43. The summed E-state index contributed by atoms with van der Waals surface area (Å²) in [5, 5.41) is 1.66. The van der Waals surface area contributed by atoms with Crippen molar-refractivity contribution in [2.45, 2.75) is 25.0 Å². The second-order valence-electron chi connectivity index (χ2n) is 6.13. The van der Waals surface area contributed by atoms with Crippen molar-refractivity contribution in [3.8, 4) is 0 Å². The van der Waals surface area contributed by atoms with E-state index in [1.807, 2.05) is 29.2 Å². The number of benzene rings is 2. The first-order valence-electron chi connectivity index (χ1n) is 7.85. The van der Waals surface area contributed by atoms with Gasteiger partial charge in [0.05, 0.1) is 16.1 Å². The van der Waals surface area contributed by atoms with Crippen LogP contribution >= 0.6 is 34.8 Å². The summed E-state index contributed by atoms with van der Waals surface area (Å²) in [6.07, 6.45) is 1.75. The zero-order chi connectivity index (χ0) is 16.8. The van der Waals surface area contributed by atoms with E-state index in [9.17, 15) is 4.79 Å². The minimum atomic E-state index is -0.166. The fraction of sp³-hybridized carbons (Fsp3) is 0.278. The van der Waals surface area contributed by atoms with Crippen LogP contribution in [-0.2, 0) is 4.79 Å². The van der Waals surface area contributed by atoms with Crippen molar-refractivity contribution in [3.63, 3.8) is 0 Å². The number of nitrogens with zero attached hydrogens (tertiary/aromatic N) is 2. The summed E-state index contributed by atoms with van der Waals surface area (Å²) in [5.74, 6) is 0.130. The number of rotatable bonds is 2. The Labute approximate surface area is 155 Å². The van der Waals surface area contributed by atoms with Crippen LogP contribution in [-0.4, -0.2) is 23.4 Å². The van der Waals surface area contributed by atoms with Crippen LogP contribution in [0, 0.1) is 0 Å². The Morgan fingerprint density at radius 3 is 2.42 bits per heavy atom. The number of hydrogen-bond acceptors (Lipinski definition) is 2. The van der Waals surface area contributed by atoms with Gasteiger partial charge in [-0.15, -0.1) is 0 Å². The Kier molecular flexibility index (Phi) is 4.21. The molecule has 2 heterocycles. The van der Waals surface area contributed by atoms with Crippen molar-refractivity contribution in [2.75, 3.05) is 11.4 Å². The fourth-order valence-corrected chi connectivity index (χ4v) is 4.09. The third-order valence-corrected chi connectivity index (χ3v) is 5.71. The number of anilines is 1. The first kappa shape index (κ1) is 16.2. The first-order chi connectivity index (χ1) is 11.6. The van der Waals surface area contributed by atoms with Gasteiger partial charge in [0.25, 0.3) is 0 Å². The lowest BCUT2D eigenvalue weighted by Gasteiger charge is -2.30. The molecule has 0 radical (unpaired) electrons. The van der Waals surface area contributed by atoms with Gasteiger partial charge in [-0.05, 0) is 54.8 Å². The smallest absolute Gasteiger partial charge is 0.246 e. The molecule has 4 rings (SSSR count). The molecule has 2 atom stereocenters. The zero-order valence-electron chi connectivity index (χ0n) is 12.8. The molecule has 0 spiro atoms. The zero-order valence-corrected chi connectivity index (χ0v) is 15.0. The Balaban J connectivity index is 1.81. The van der Waals surface area contributed by atoms with Gasteiger partial charge in [-0.3, -0.25) is 14.6 Å². The van der Waals surface area contributed by atoms with Crippen molar-refractivity contribution < 1.29 is 4.79 Å². The van der Waals surface area contributed by atoms with Gasteiger partial charge in [-0.1, -0.05) is 40.9 Å². The topological polar surface area (TPSA) is 23.6 Å². The van der Waals surface area contributed by atoms with Crippen molar-refractivity contribution in [2.24, 2.45) is 0 Å². The van der Waals surface area contributed by atoms with E-state index in [0.717, 1.165) is 30.6 Å². The molecule has 0 saturated carbocycles. The van der Waals surface area contributed by atoms with Crippen molar-refractivity contribution in [1.29, 1.82) is 0 Å². The molecule has 0 bridgehead atoms. The van der Waals surface area contributed by atoms with Crippen LogP contribution in [0.25, 0.3) is 0 Å². The van der Waals surface area contributed by atoms with Gasteiger partial charge in [0.15, 0.2) is 0 Å². The Morgan fingerprint density at radius 1 is 0.958 bits per heavy atom. The molecule has 0 aliphatic carbocycles. The molecule has 2 aromatic rings. The monoisotopic (exact) mass is 380 g/mol. The van der Waals surface area contributed by atoms with E-state index < -0.39 is 0 Å². The molecular formula is C18H15Cl3N2O. The maximum absolute atomic E-state index is 13.0. The highest BCUT2D eigenvalue weighted by Gasteiger charge is 2.49. The lowest BCUT2D eigenvalue weighted by Crippen LogP contribution is -2.32. The molecule has 2 fully saturated rings. The number of carbonyl (C=O) groups is 1. The highest BCUT2D eigenvalue weighted by atomic mass is 35.5. The van der Waals surface area contributed by atoms with Crippen molar-refractivity contribution in [3.05, 3.63) is 63.1 Å². The molecule has 1 amide bonds. The summed E-state index contributed by atoms with van der Waals surface area (Å²) in [4.78, 5) is 17.1. The maximum atomic E-state index is 13.0. The normalized spacial score (nSPS) is 23.8. The Morgan fingerprint density at radius 2 is 1.71 bits per heavy atom. The van der Waals surface area contributed by atoms with Gasteiger partial charge in [0.1, 0.15) is 6.17 Å². The predicted molar refractivity (Wildman–Crippen MR) is 97.9 cm³/mol. The number of halogens is 3. The summed E-state index contributed by atoms with van der Waals surface area (Å²) in [5.41, 5.74) is 1.81. The van der Waals surface area contributed by atoms with Gasteiger partial charge < -0.3 is 0 Å².